The van der Waals surface area contributed by atoms with Crippen LogP contribution in [0.3, 0.4) is 0 Å². The fourth-order valence-corrected chi connectivity index (χ4v) is 3.91. The van der Waals surface area contributed by atoms with Crippen LogP contribution in [0.2, 0.25) is 0 Å². The topological polar surface area (TPSA) is 26.3 Å². The van der Waals surface area contributed by atoms with Crippen LogP contribution in [0.1, 0.15) is 18.1 Å². The van der Waals surface area contributed by atoms with E-state index >= 15 is 0 Å². The average molecular weight is 381 g/mol. The van der Waals surface area contributed by atoms with Crippen molar-refractivity contribution in [3.8, 4) is 0 Å². The Bertz CT molecular complexity index is 559. The molecule has 20 heavy (non-hydrogen) atoms. The molecule has 0 fully saturated rings. The Morgan fingerprint density at radius 2 is 1.55 bits per heavy atom. The van der Waals surface area contributed by atoms with E-state index in [-0.39, 0.29) is 27.2 Å². The van der Waals surface area contributed by atoms with Gasteiger partial charge < -0.3 is 0 Å². The first-order valence-electron chi connectivity index (χ1n) is 6.57. The maximum absolute atomic E-state index is 10.7. The quantitative estimate of drug-likeness (QED) is 0.548. The Morgan fingerprint density at radius 1 is 1.00 bits per heavy atom. The molecule has 0 radical (unpaired) electrons. The molecule has 0 atom stereocenters. The summed E-state index contributed by atoms with van der Waals surface area (Å²) in [6, 6.07) is 17.4. The van der Waals surface area contributed by atoms with Gasteiger partial charge in [0, 0.05) is 0 Å². The van der Waals surface area contributed by atoms with E-state index in [4.69, 9.17) is 4.74 Å². The average Bonchev–Trinajstić information content (AvgIpc) is 2.43. The van der Waals surface area contributed by atoms with E-state index in [1.54, 1.807) is 0 Å². The van der Waals surface area contributed by atoms with Gasteiger partial charge in [0.15, 0.2) is 0 Å². The summed E-state index contributed by atoms with van der Waals surface area (Å²) in [5.74, 6) is -0.216. The van der Waals surface area contributed by atoms with Crippen LogP contribution in [-0.4, -0.2) is 12.6 Å². The van der Waals surface area contributed by atoms with Crippen molar-refractivity contribution in [1.29, 1.82) is 0 Å². The molecule has 0 saturated heterocycles. The Hall–Kier alpha value is -1.36. The minimum atomic E-state index is -0.216. The molecular weight excluding hydrogens is 363 g/mol. The number of benzene rings is 2. The second-order valence-electron chi connectivity index (χ2n) is 4.61. The van der Waals surface area contributed by atoms with Gasteiger partial charge in [-0.1, -0.05) is 0 Å². The minimum absolute atomic E-state index is 0.106. The fraction of sp³-hybridized carbons (Fsp3) is 0.235. The van der Waals surface area contributed by atoms with Gasteiger partial charge in [-0.15, -0.1) is 0 Å². The summed E-state index contributed by atoms with van der Waals surface area (Å²) in [6.45, 7) is 4.01. The van der Waals surface area contributed by atoms with Crippen molar-refractivity contribution in [2.45, 2.75) is 20.3 Å². The number of hydrogen-bond acceptors (Lipinski definition) is 2. The van der Waals surface area contributed by atoms with Crippen LogP contribution in [0.15, 0.2) is 48.5 Å². The van der Waals surface area contributed by atoms with Crippen molar-refractivity contribution in [2.75, 3.05) is 6.61 Å². The van der Waals surface area contributed by atoms with Crippen molar-refractivity contribution >= 4 is 5.97 Å². The molecule has 0 N–H and O–H groups in total. The van der Waals surface area contributed by atoms with E-state index in [1.165, 1.54) is 25.2 Å². The molecule has 0 unspecified atom stereocenters. The van der Waals surface area contributed by atoms with Crippen molar-refractivity contribution in [1.82, 2.24) is 0 Å². The van der Waals surface area contributed by atoms with E-state index in [0.29, 0.717) is 6.61 Å². The predicted octanol–water partition coefficient (Wildman–Crippen LogP) is 0.229. The van der Waals surface area contributed by atoms with Crippen LogP contribution < -0.4 is 21.2 Å². The predicted molar refractivity (Wildman–Crippen MR) is 75.4 cm³/mol. The second-order valence-corrected chi connectivity index (χ2v) is 7.64. The van der Waals surface area contributed by atoms with Crippen LogP contribution >= 0.6 is 0 Å². The van der Waals surface area contributed by atoms with Crippen LogP contribution in [0.25, 0.3) is 0 Å². The number of halogens is 1. The number of esters is 1. The number of aryl methyl sites for hydroxylation is 1. The number of rotatable bonds is 5. The Kier molecular flexibility index (Phi) is 5.59. The van der Waals surface area contributed by atoms with Gasteiger partial charge in [-0.25, -0.2) is 0 Å². The van der Waals surface area contributed by atoms with E-state index in [2.05, 4.69) is 55.5 Å². The third-order valence-corrected chi connectivity index (χ3v) is 5.52. The fourth-order valence-electron chi connectivity index (χ4n) is 1.75. The molecule has 0 saturated carbocycles. The number of carbonyl (C=O) groups is 1. The summed E-state index contributed by atoms with van der Waals surface area (Å²) in [6.07, 6.45) is 0.780. The molecule has 3 heteroatoms. The van der Waals surface area contributed by atoms with E-state index in [9.17, 15) is 4.79 Å². The first-order valence-corrected chi connectivity index (χ1v) is 8.73. The van der Waals surface area contributed by atoms with Gasteiger partial charge in [0.25, 0.3) is 0 Å². The number of hydrogen-bond donors (Lipinski definition) is 0. The molecule has 0 bridgehead atoms. The molecule has 2 aromatic carbocycles. The monoisotopic (exact) mass is 381 g/mol. The van der Waals surface area contributed by atoms with Crippen molar-refractivity contribution in [3.63, 3.8) is 0 Å². The van der Waals surface area contributed by atoms with Crippen LogP contribution in [0, 0.1) is 14.1 Å². The molecule has 0 aliphatic heterocycles. The van der Waals surface area contributed by atoms with E-state index < -0.39 is 0 Å². The van der Waals surface area contributed by atoms with Gasteiger partial charge in [-0.3, -0.25) is 0 Å². The summed E-state index contributed by atoms with van der Waals surface area (Å²) in [4.78, 5) is 10.7. The summed E-state index contributed by atoms with van der Waals surface area (Å²) in [5, 5.41) is 0. The molecule has 2 nitrogen and oxygen atoms in total. The van der Waals surface area contributed by atoms with Crippen molar-refractivity contribution in [3.05, 3.63) is 66.8 Å². The second kappa shape index (κ2) is 7.43. The molecule has 2 aromatic rings. The zero-order valence-corrected chi connectivity index (χ0v) is 13.9. The molecule has 0 aromatic heterocycles. The Labute approximate surface area is 130 Å². The maximum atomic E-state index is 10.7. The Morgan fingerprint density at radius 3 is 2.10 bits per heavy atom. The third kappa shape index (κ3) is 4.96. The van der Waals surface area contributed by atoms with Crippen molar-refractivity contribution < 1.29 is 30.7 Å². The zero-order valence-electron chi connectivity index (χ0n) is 11.7. The SMILES string of the molecule is CC(=O)OCCc1ccc([I-]c2ccc(C)cc2)cc1. The summed E-state index contributed by atoms with van der Waals surface area (Å²) < 4.78 is 7.79. The molecule has 0 aliphatic rings. The van der Waals surface area contributed by atoms with Crippen LogP contribution in [-0.2, 0) is 16.0 Å². The van der Waals surface area contributed by atoms with Gasteiger partial charge in [0.1, 0.15) is 0 Å². The van der Waals surface area contributed by atoms with Gasteiger partial charge in [-0.2, -0.15) is 0 Å². The summed E-state index contributed by atoms with van der Waals surface area (Å²) in [7, 11) is 0. The van der Waals surface area contributed by atoms with Crippen LogP contribution in [0.5, 0.6) is 0 Å². The number of ether oxygens (including phenoxy) is 1. The van der Waals surface area contributed by atoms with Gasteiger partial charge in [-0.05, 0) is 0 Å². The standard InChI is InChI=1S/C17H18IO2/c1-13-3-7-16(8-4-13)18-17-9-5-15(6-10-17)11-12-20-14(2)19/h3-10H,11-12H2,1-2H3/q-1. The first kappa shape index (κ1) is 15.0. The van der Waals surface area contributed by atoms with Gasteiger partial charge in [0.05, 0.1) is 0 Å². The van der Waals surface area contributed by atoms with Crippen LogP contribution in [0.4, 0.5) is 0 Å². The molecule has 0 amide bonds. The molecule has 106 valence electrons. The normalized spacial score (nSPS) is 10.5. The first-order chi connectivity index (χ1) is 9.63. The zero-order chi connectivity index (χ0) is 14.4. The third-order valence-electron chi connectivity index (χ3n) is 2.84. The van der Waals surface area contributed by atoms with E-state index in [1.807, 2.05) is 0 Å². The summed E-state index contributed by atoms with van der Waals surface area (Å²) >= 11 is -0.106. The molecule has 0 heterocycles. The molecule has 0 aliphatic carbocycles. The Balaban J connectivity index is 1.91. The van der Waals surface area contributed by atoms with Gasteiger partial charge in [0.2, 0.25) is 0 Å². The number of carbonyl (C=O) groups excluding carboxylic acids is 1. The molecular formula is C17H18IO2-. The molecule has 2 rings (SSSR count). The molecule has 0 spiro atoms. The van der Waals surface area contributed by atoms with Gasteiger partial charge >= 0.3 is 130 Å². The summed E-state index contributed by atoms with van der Waals surface area (Å²) in [5.41, 5.74) is 2.52. The van der Waals surface area contributed by atoms with Crippen molar-refractivity contribution in [2.24, 2.45) is 0 Å². The van der Waals surface area contributed by atoms with E-state index in [0.717, 1.165) is 6.42 Å².